The van der Waals surface area contributed by atoms with Crippen molar-refractivity contribution in [3.8, 4) is 5.75 Å². The molecule has 1 rings (SSSR count). The normalized spacial score (nSPS) is 11.1. The number of halogens is 3. The van der Waals surface area contributed by atoms with Gasteiger partial charge in [0.05, 0.1) is 10.0 Å². The van der Waals surface area contributed by atoms with Gasteiger partial charge in [-0.1, -0.05) is 29.3 Å². The van der Waals surface area contributed by atoms with Crippen LogP contribution in [0.2, 0.25) is 10.0 Å². The first-order chi connectivity index (χ1) is 7.76. The van der Waals surface area contributed by atoms with Gasteiger partial charge in [-0.25, -0.2) is 0 Å². The molecule has 1 aromatic carbocycles. The first kappa shape index (κ1) is 14.3. The highest BCUT2D eigenvalue weighted by Crippen LogP contribution is 2.34. The van der Waals surface area contributed by atoms with Gasteiger partial charge in [0.15, 0.2) is 5.75 Å². The molecule has 0 saturated carbocycles. The van der Waals surface area contributed by atoms with E-state index < -0.39 is 16.6 Å². The summed E-state index contributed by atoms with van der Waals surface area (Å²) < 4.78 is 4.99. The molecular formula is C11H9Cl3O3. The number of esters is 1. The van der Waals surface area contributed by atoms with Crippen molar-refractivity contribution in [2.75, 3.05) is 0 Å². The molecule has 0 unspecified atom stereocenters. The lowest BCUT2D eigenvalue weighted by Crippen LogP contribution is -2.34. The van der Waals surface area contributed by atoms with E-state index >= 15 is 0 Å². The van der Waals surface area contributed by atoms with E-state index in [-0.39, 0.29) is 15.8 Å². The molecule has 0 aliphatic heterocycles. The zero-order valence-electron chi connectivity index (χ0n) is 9.09. The Morgan fingerprint density at radius 1 is 1.18 bits per heavy atom. The number of ether oxygens (including phenoxy) is 1. The van der Waals surface area contributed by atoms with Crippen molar-refractivity contribution >= 4 is 46.0 Å². The second-order valence-electron chi connectivity index (χ2n) is 3.84. The molecule has 3 nitrogen and oxygen atoms in total. The molecule has 0 spiro atoms. The third-order valence-electron chi connectivity index (χ3n) is 2.12. The van der Waals surface area contributed by atoms with E-state index in [1.54, 1.807) is 6.07 Å². The smallest absolute Gasteiger partial charge is 0.325 e. The van der Waals surface area contributed by atoms with Crippen LogP contribution in [0.25, 0.3) is 0 Å². The highest BCUT2D eigenvalue weighted by atomic mass is 35.5. The molecule has 92 valence electrons. The Hall–Kier alpha value is -0.770. The van der Waals surface area contributed by atoms with Crippen molar-refractivity contribution in [3.63, 3.8) is 0 Å². The lowest BCUT2D eigenvalue weighted by atomic mass is 9.96. The topological polar surface area (TPSA) is 43.4 Å². The molecule has 0 heterocycles. The Morgan fingerprint density at radius 2 is 1.65 bits per heavy atom. The monoisotopic (exact) mass is 294 g/mol. The van der Waals surface area contributed by atoms with Crippen LogP contribution in [0.15, 0.2) is 18.2 Å². The van der Waals surface area contributed by atoms with Crippen LogP contribution in [0.5, 0.6) is 5.75 Å². The van der Waals surface area contributed by atoms with Crippen LogP contribution >= 0.6 is 34.8 Å². The van der Waals surface area contributed by atoms with Crippen LogP contribution in [0, 0.1) is 5.41 Å². The van der Waals surface area contributed by atoms with Crippen LogP contribution in [0.3, 0.4) is 0 Å². The molecule has 0 atom stereocenters. The van der Waals surface area contributed by atoms with Crippen molar-refractivity contribution in [2.45, 2.75) is 13.8 Å². The van der Waals surface area contributed by atoms with E-state index in [0.717, 1.165) is 0 Å². The molecule has 6 heteroatoms. The molecule has 0 fully saturated rings. The zero-order chi connectivity index (χ0) is 13.2. The average molecular weight is 296 g/mol. The van der Waals surface area contributed by atoms with Crippen LogP contribution < -0.4 is 4.74 Å². The summed E-state index contributed by atoms with van der Waals surface area (Å²) in [5.74, 6) is -0.792. The van der Waals surface area contributed by atoms with Crippen molar-refractivity contribution < 1.29 is 14.3 Å². The minimum atomic E-state index is -1.45. The van der Waals surface area contributed by atoms with Gasteiger partial charge >= 0.3 is 5.97 Å². The zero-order valence-corrected chi connectivity index (χ0v) is 11.4. The van der Waals surface area contributed by atoms with Crippen molar-refractivity contribution in [1.82, 2.24) is 0 Å². The number of para-hydroxylation sites is 1. The molecular weight excluding hydrogens is 286 g/mol. The first-order valence-corrected chi connectivity index (χ1v) is 5.76. The number of rotatable bonds is 3. The molecule has 1 aromatic rings. The van der Waals surface area contributed by atoms with Crippen molar-refractivity contribution in [1.29, 1.82) is 0 Å². The molecule has 0 bridgehead atoms. The Kier molecular flexibility index (Phi) is 4.42. The maximum absolute atomic E-state index is 11.7. The average Bonchev–Trinajstić information content (AvgIpc) is 2.23. The van der Waals surface area contributed by atoms with Crippen molar-refractivity contribution in [2.24, 2.45) is 5.41 Å². The summed E-state index contributed by atoms with van der Waals surface area (Å²) in [6, 6.07) is 4.65. The third kappa shape index (κ3) is 3.12. The van der Waals surface area contributed by atoms with Crippen molar-refractivity contribution in [3.05, 3.63) is 28.2 Å². The largest absolute Gasteiger partial charge is 0.423 e. The van der Waals surface area contributed by atoms with Gasteiger partial charge in [0.25, 0.3) is 0 Å². The predicted octanol–water partition coefficient (Wildman–Crippen LogP) is 3.69. The molecule has 0 aliphatic carbocycles. The van der Waals surface area contributed by atoms with Crippen LogP contribution in [0.1, 0.15) is 13.8 Å². The summed E-state index contributed by atoms with van der Waals surface area (Å²) in [7, 11) is 0. The summed E-state index contributed by atoms with van der Waals surface area (Å²) in [5, 5.41) is -0.446. The second kappa shape index (κ2) is 5.25. The summed E-state index contributed by atoms with van der Waals surface area (Å²) in [6.45, 7) is 2.71. The quantitative estimate of drug-likeness (QED) is 0.370. The standard InChI is InChI=1S/C11H9Cl3O3/c1-11(2,9(14)15)10(16)17-8-6(12)4-3-5-7(8)13/h3-5H,1-2H3. The fourth-order valence-corrected chi connectivity index (χ4v) is 1.43. The maximum atomic E-state index is 11.7. The minimum Gasteiger partial charge on any atom is -0.423 e. The van der Waals surface area contributed by atoms with Gasteiger partial charge in [-0.2, -0.15) is 0 Å². The lowest BCUT2D eigenvalue weighted by Gasteiger charge is -2.18. The molecule has 0 aromatic heterocycles. The summed E-state index contributed by atoms with van der Waals surface area (Å²) in [5.41, 5.74) is -1.45. The van der Waals surface area contributed by atoms with E-state index in [9.17, 15) is 9.59 Å². The van der Waals surface area contributed by atoms with Gasteiger partial charge in [0.1, 0.15) is 5.41 Å². The predicted molar refractivity (Wildman–Crippen MR) is 66.7 cm³/mol. The van der Waals surface area contributed by atoms with Gasteiger partial charge in [-0.3, -0.25) is 9.59 Å². The summed E-state index contributed by atoms with van der Waals surface area (Å²) in [4.78, 5) is 22.8. The number of carbonyl (C=O) groups excluding carboxylic acids is 2. The number of carbonyl (C=O) groups is 2. The summed E-state index contributed by atoms with van der Waals surface area (Å²) >= 11 is 17.0. The molecule has 0 aliphatic rings. The number of hydrogen-bond donors (Lipinski definition) is 0. The Morgan fingerprint density at radius 3 is 2.06 bits per heavy atom. The summed E-state index contributed by atoms with van der Waals surface area (Å²) in [6.07, 6.45) is 0. The van der Waals surface area contributed by atoms with E-state index in [2.05, 4.69) is 0 Å². The van der Waals surface area contributed by atoms with E-state index in [4.69, 9.17) is 39.5 Å². The number of hydrogen-bond acceptors (Lipinski definition) is 3. The Balaban J connectivity index is 3.00. The van der Waals surface area contributed by atoms with Gasteiger partial charge in [0, 0.05) is 0 Å². The van der Waals surface area contributed by atoms with Gasteiger partial charge < -0.3 is 4.74 Å². The van der Waals surface area contributed by atoms with Crippen LogP contribution in [0.4, 0.5) is 0 Å². The van der Waals surface area contributed by atoms with Gasteiger partial charge in [0.2, 0.25) is 5.24 Å². The highest BCUT2D eigenvalue weighted by molar-refractivity contribution is 6.66. The fourth-order valence-electron chi connectivity index (χ4n) is 0.881. The van der Waals surface area contributed by atoms with E-state index in [1.165, 1.54) is 26.0 Å². The third-order valence-corrected chi connectivity index (χ3v) is 3.18. The van der Waals surface area contributed by atoms with Gasteiger partial charge in [-0.05, 0) is 37.6 Å². The SMILES string of the molecule is CC(C)(C(=O)Cl)C(=O)Oc1c(Cl)cccc1Cl. The van der Waals surface area contributed by atoms with E-state index in [1.807, 2.05) is 0 Å². The molecule has 17 heavy (non-hydrogen) atoms. The Bertz CT molecular complexity index is 449. The second-order valence-corrected chi connectivity index (χ2v) is 5.00. The van der Waals surface area contributed by atoms with Crippen LogP contribution in [-0.2, 0) is 9.59 Å². The minimum absolute atomic E-state index is 0.0202. The molecule has 0 amide bonds. The van der Waals surface area contributed by atoms with Gasteiger partial charge in [-0.15, -0.1) is 0 Å². The number of benzene rings is 1. The first-order valence-electron chi connectivity index (χ1n) is 4.63. The fraction of sp³-hybridized carbons (Fsp3) is 0.273. The molecule has 0 saturated heterocycles. The molecule has 0 N–H and O–H groups in total. The highest BCUT2D eigenvalue weighted by Gasteiger charge is 2.37. The maximum Gasteiger partial charge on any atom is 0.325 e. The Labute approximate surface area is 114 Å². The molecule has 0 radical (unpaired) electrons. The lowest BCUT2D eigenvalue weighted by molar-refractivity contribution is -0.147. The van der Waals surface area contributed by atoms with E-state index in [0.29, 0.717) is 0 Å². The van der Waals surface area contributed by atoms with Crippen LogP contribution in [-0.4, -0.2) is 11.2 Å².